The monoisotopic (exact) mass is 363 g/mol. The predicted molar refractivity (Wildman–Crippen MR) is 105 cm³/mol. The van der Waals surface area contributed by atoms with Crippen LogP contribution in [0, 0.1) is 6.92 Å². The molecule has 1 fully saturated rings. The van der Waals surface area contributed by atoms with Crippen molar-refractivity contribution >= 4 is 5.96 Å². The fourth-order valence-electron chi connectivity index (χ4n) is 2.99. The Hall–Kier alpha value is -1.79. The van der Waals surface area contributed by atoms with Crippen LogP contribution in [0.15, 0.2) is 29.3 Å². The van der Waals surface area contributed by atoms with E-state index < -0.39 is 0 Å². The molecule has 1 saturated heterocycles. The molecule has 1 heterocycles. The number of nitrogens with one attached hydrogen (secondary N) is 1. The van der Waals surface area contributed by atoms with Crippen molar-refractivity contribution in [2.45, 2.75) is 32.3 Å². The minimum Gasteiger partial charge on any atom is -0.492 e. The number of hydrogen-bond donors (Lipinski definition) is 1. The Labute approximate surface area is 157 Å². The molecule has 2 rings (SSSR count). The molecule has 1 aromatic rings. The Kier molecular flexibility index (Phi) is 9.28. The van der Waals surface area contributed by atoms with Crippen molar-refractivity contribution in [3.63, 3.8) is 0 Å². The second kappa shape index (κ2) is 11.8. The Balaban J connectivity index is 1.62. The number of benzene rings is 1. The van der Waals surface area contributed by atoms with Gasteiger partial charge in [-0.3, -0.25) is 4.99 Å². The molecular formula is C20H33N3O3. The van der Waals surface area contributed by atoms with Gasteiger partial charge in [0.2, 0.25) is 0 Å². The van der Waals surface area contributed by atoms with Crippen molar-refractivity contribution in [2.24, 2.45) is 4.99 Å². The summed E-state index contributed by atoms with van der Waals surface area (Å²) < 4.78 is 16.7. The fraction of sp³-hybridized carbons (Fsp3) is 0.650. The van der Waals surface area contributed by atoms with Crippen LogP contribution in [-0.4, -0.2) is 70.6 Å². The smallest absolute Gasteiger partial charge is 0.193 e. The zero-order valence-electron chi connectivity index (χ0n) is 16.4. The lowest BCUT2D eigenvalue weighted by atomic mass is 10.1. The summed E-state index contributed by atoms with van der Waals surface area (Å²) in [7, 11) is 3.55. The maximum Gasteiger partial charge on any atom is 0.193 e. The number of nitrogens with zero attached hydrogens (tertiary/aromatic N) is 2. The third-order valence-corrected chi connectivity index (χ3v) is 4.47. The zero-order chi connectivity index (χ0) is 18.6. The number of hydrogen-bond acceptors (Lipinski definition) is 4. The van der Waals surface area contributed by atoms with E-state index in [4.69, 9.17) is 14.2 Å². The molecule has 0 amide bonds. The van der Waals surface area contributed by atoms with Crippen LogP contribution in [0.25, 0.3) is 0 Å². The second-order valence-electron chi connectivity index (χ2n) is 6.54. The highest BCUT2D eigenvalue weighted by atomic mass is 16.5. The molecule has 26 heavy (non-hydrogen) atoms. The van der Waals surface area contributed by atoms with E-state index in [0.717, 1.165) is 63.8 Å². The van der Waals surface area contributed by atoms with Crippen molar-refractivity contribution in [3.8, 4) is 5.75 Å². The molecule has 0 aromatic heterocycles. The maximum atomic E-state index is 5.92. The summed E-state index contributed by atoms with van der Waals surface area (Å²) in [5.41, 5.74) is 1.24. The molecule has 0 bridgehead atoms. The van der Waals surface area contributed by atoms with Gasteiger partial charge in [0.25, 0.3) is 0 Å². The van der Waals surface area contributed by atoms with Crippen LogP contribution in [0.3, 0.4) is 0 Å². The van der Waals surface area contributed by atoms with Gasteiger partial charge in [-0.05, 0) is 38.3 Å². The van der Waals surface area contributed by atoms with Crippen molar-refractivity contribution < 1.29 is 14.2 Å². The number of aliphatic imine (C=N–C) groups is 1. The minimum atomic E-state index is 0.353. The van der Waals surface area contributed by atoms with Gasteiger partial charge < -0.3 is 24.4 Å². The van der Waals surface area contributed by atoms with E-state index in [0.29, 0.717) is 12.7 Å². The van der Waals surface area contributed by atoms with E-state index in [1.54, 1.807) is 7.11 Å². The van der Waals surface area contributed by atoms with E-state index in [1.807, 2.05) is 19.2 Å². The van der Waals surface area contributed by atoms with Gasteiger partial charge in [-0.25, -0.2) is 0 Å². The van der Waals surface area contributed by atoms with Crippen molar-refractivity contribution in [1.29, 1.82) is 0 Å². The average Bonchev–Trinajstić information content (AvgIpc) is 2.67. The topological polar surface area (TPSA) is 55.3 Å². The van der Waals surface area contributed by atoms with Crippen molar-refractivity contribution in [3.05, 3.63) is 29.8 Å². The zero-order valence-corrected chi connectivity index (χ0v) is 16.4. The van der Waals surface area contributed by atoms with Crippen LogP contribution >= 0.6 is 0 Å². The molecule has 0 spiro atoms. The average molecular weight is 364 g/mol. The Morgan fingerprint density at radius 2 is 1.88 bits per heavy atom. The third kappa shape index (κ3) is 7.22. The Bertz CT molecular complexity index is 526. The molecule has 1 N–H and O–H groups in total. The highest BCUT2D eigenvalue weighted by Gasteiger charge is 2.21. The van der Waals surface area contributed by atoms with Crippen LogP contribution in [0.4, 0.5) is 0 Å². The highest BCUT2D eigenvalue weighted by Crippen LogP contribution is 2.14. The number of aryl methyl sites for hydroxylation is 1. The van der Waals surface area contributed by atoms with E-state index in [9.17, 15) is 0 Å². The lowest BCUT2D eigenvalue weighted by molar-refractivity contribution is 0.00989. The lowest BCUT2D eigenvalue weighted by Crippen LogP contribution is -2.47. The van der Waals surface area contributed by atoms with Crippen LogP contribution in [-0.2, 0) is 9.47 Å². The van der Waals surface area contributed by atoms with E-state index in [2.05, 4.69) is 34.3 Å². The van der Waals surface area contributed by atoms with E-state index in [-0.39, 0.29) is 0 Å². The summed E-state index contributed by atoms with van der Waals surface area (Å²) in [5, 5.41) is 3.39. The normalized spacial score (nSPS) is 16.0. The van der Waals surface area contributed by atoms with Crippen LogP contribution in [0.1, 0.15) is 24.8 Å². The molecule has 0 unspecified atom stereocenters. The van der Waals surface area contributed by atoms with E-state index in [1.165, 1.54) is 5.56 Å². The summed E-state index contributed by atoms with van der Waals surface area (Å²) in [6.45, 7) is 6.89. The summed E-state index contributed by atoms with van der Waals surface area (Å²) >= 11 is 0. The van der Waals surface area contributed by atoms with Crippen LogP contribution in [0.2, 0.25) is 0 Å². The molecule has 0 saturated carbocycles. The highest BCUT2D eigenvalue weighted by molar-refractivity contribution is 5.79. The number of piperidine rings is 1. The molecular weight excluding hydrogens is 330 g/mol. The van der Waals surface area contributed by atoms with Gasteiger partial charge in [-0.1, -0.05) is 17.7 Å². The number of guanidine groups is 1. The summed E-state index contributed by atoms with van der Waals surface area (Å²) in [6, 6.07) is 8.12. The third-order valence-electron chi connectivity index (χ3n) is 4.47. The molecule has 6 heteroatoms. The first-order valence-corrected chi connectivity index (χ1v) is 9.48. The molecule has 0 atom stereocenters. The van der Waals surface area contributed by atoms with Crippen molar-refractivity contribution in [2.75, 3.05) is 53.6 Å². The van der Waals surface area contributed by atoms with Gasteiger partial charge in [0.05, 0.1) is 12.6 Å². The van der Waals surface area contributed by atoms with Gasteiger partial charge in [-0.15, -0.1) is 0 Å². The number of ether oxygens (including phenoxy) is 3. The number of likely N-dealkylation sites (tertiary alicyclic amines) is 1. The quantitative estimate of drug-likeness (QED) is 0.415. The number of rotatable bonds is 9. The molecule has 146 valence electrons. The molecule has 0 aliphatic carbocycles. The maximum absolute atomic E-state index is 5.92. The molecule has 1 aliphatic heterocycles. The first-order valence-electron chi connectivity index (χ1n) is 9.48. The lowest BCUT2D eigenvalue weighted by Gasteiger charge is -2.34. The van der Waals surface area contributed by atoms with Crippen molar-refractivity contribution in [1.82, 2.24) is 10.2 Å². The molecule has 1 aliphatic rings. The number of methoxy groups -OCH3 is 1. The van der Waals surface area contributed by atoms with Crippen LogP contribution < -0.4 is 10.1 Å². The molecule has 0 radical (unpaired) electrons. The minimum absolute atomic E-state index is 0.353. The van der Waals surface area contributed by atoms with Crippen LogP contribution in [0.5, 0.6) is 5.75 Å². The Morgan fingerprint density at radius 3 is 2.54 bits per heavy atom. The first-order chi connectivity index (χ1) is 12.7. The second-order valence-corrected chi connectivity index (χ2v) is 6.54. The largest absolute Gasteiger partial charge is 0.492 e. The molecule has 1 aromatic carbocycles. The summed E-state index contributed by atoms with van der Waals surface area (Å²) in [5.74, 6) is 1.84. The first kappa shape index (κ1) is 20.5. The standard InChI is InChI=1S/C20H33N3O3/c1-17-5-7-18(8-6-17)26-16-11-22-20(21-2)23-12-9-19(10-13-23)25-15-4-14-24-3/h5-8,19H,4,9-16H2,1-3H3,(H,21,22). The van der Waals surface area contributed by atoms with Gasteiger partial charge >= 0.3 is 0 Å². The van der Waals surface area contributed by atoms with Gasteiger partial charge in [0.15, 0.2) is 5.96 Å². The van der Waals surface area contributed by atoms with Gasteiger partial charge in [-0.2, -0.15) is 0 Å². The molecule has 6 nitrogen and oxygen atoms in total. The van der Waals surface area contributed by atoms with Gasteiger partial charge in [0.1, 0.15) is 12.4 Å². The SMILES string of the molecule is CN=C(NCCOc1ccc(C)cc1)N1CCC(OCCCOC)CC1. The fourth-order valence-corrected chi connectivity index (χ4v) is 2.99. The summed E-state index contributed by atoms with van der Waals surface area (Å²) in [4.78, 5) is 6.69. The van der Waals surface area contributed by atoms with Gasteiger partial charge in [0, 0.05) is 40.5 Å². The van der Waals surface area contributed by atoms with E-state index >= 15 is 0 Å². The Morgan fingerprint density at radius 1 is 1.15 bits per heavy atom. The summed E-state index contributed by atoms with van der Waals surface area (Å²) in [6.07, 6.45) is 3.38. The predicted octanol–water partition coefficient (Wildman–Crippen LogP) is 2.47.